The molecule has 0 fully saturated rings. The van der Waals surface area contributed by atoms with Crippen LogP contribution in [0.5, 0.6) is 5.75 Å². The Balaban J connectivity index is 1.71. The van der Waals surface area contributed by atoms with E-state index in [1.807, 2.05) is 36.4 Å². The van der Waals surface area contributed by atoms with Gasteiger partial charge in [0.1, 0.15) is 11.3 Å². The Kier molecular flexibility index (Phi) is 3.69. The molecule has 0 spiro atoms. The Bertz CT molecular complexity index is 1280. The van der Waals surface area contributed by atoms with Gasteiger partial charge in [-0.05, 0) is 55.5 Å². The molecule has 4 aromatic rings. The van der Waals surface area contributed by atoms with E-state index in [0.717, 1.165) is 22.1 Å². The minimum atomic E-state index is -0.309. The van der Waals surface area contributed by atoms with Crippen LogP contribution in [0.3, 0.4) is 0 Å². The first-order valence-corrected chi connectivity index (χ1v) is 9.46. The summed E-state index contributed by atoms with van der Waals surface area (Å²) in [4.78, 5) is 14.8. The number of rotatable bonds is 1. The zero-order valence-electron chi connectivity index (χ0n) is 16.2. The summed E-state index contributed by atoms with van der Waals surface area (Å²) < 4.78 is 11.8. The molecule has 1 aliphatic heterocycles. The van der Waals surface area contributed by atoms with Crippen molar-refractivity contribution in [2.75, 3.05) is 11.6 Å². The van der Waals surface area contributed by atoms with Gasteiger partial charge in [-0.3, -0.25) is 0 Å². The average molecular weight is 371 g/mol. The molecule has 0 bridgehead atoms. The van der Waals surface area contributed by atoms with Gasteiger partial charge in [0.25, 0.3) is 0 Å². The number of fused-ring (bicyclic) bond motifs is 5. The van der Waals surface area contributed by atoms with Crippen molar-refractivity contribution in [3.8, 4) is 5.75 Å². The van der Waals surface area contributed by atoms with Gasteiger partial charge in [-0.15, -0.1) is 0 Å². The third kappa shape index (κ3) is 2.48. The molecule has 0 radical (unpaired) electrons. The SMILES string of the molecule is Cc1cc(C)c(N2COc3ccc4c(oc(=O)c5ccccc54)c3C2)c(C)c1. The smallest absolute Gasteiger partial charge is 0.344 e. The van der Waals surface area contributed by atoms with Gasteiger partial charge in [-0.1, -0.05) is 35.9 Å². The number of aryl methyl sites for hydroxylation is 3. The molecular weight excluding hydrogens is 350 g/mol. The van der Waals surface area contributed by atoms with Gasteiger partial charge < -0.3 is 14.1 Å². The van der Waals surface area contributed by atoms with Crippen LogP contribution >= 0.6 is 0 Å². The van der Waals surface area contributed by atoms with E-state index in [0.29, 0.717) is 24.2 Å². The molecular formula is C24H21NO3. The lowest BCUT2D eigenvalue weighted by Gasteiger charge is -2.33. The van der Waals surface area contributed by atoms with E-state index in [9.17, 15) is 4.79 Å². The summed E-state index contributed by atoms with van der Waals surface area (Å²) in [7, 11) is 0. The van der Waals surface area contributed by atoms with Crippen LogP contribution in [0.1, 0.15) is 22.3 Å². The Morgan fingerprint density at radius 2 is 1.61 bits per heavy atom. The molecule has 0 atom stereocenters. The third-order valence-electron chi connectivity index (χ3n) is 5.53. The molecule has 5 rings (SSSR count). The van der Waals surface area contributed by atoms with Crippen LogP contribution in [-0.2, 0) is 6.54 Å². The van der Waals surface area contributed by atoms with Crippen LogP contribution in [0.25, 0.3) is 21.7 Å². The topological polar surface area (TPSA) is 42.7 Å². The van der Waals surface area contributed by atoms with Crippen LogP contribution in [-0.4, -0.2) is 6.73 Å². The molecule has 140 valence electrons. The first-order chi connectivity index (χ1) is 13.5. The lowest BCUT2D eigenvalue weighted by molar-refractivity contribution is 0.288. The van der Waals surface area contributed by atoms with Crippen LogP contribution in [0.2, 0.25) is 0 Å². The summed E-state index contributed by atoms with van der Waals surface area (Å²) in [5, 5.41) is 2.46. The van der Waals surface area contributed by atoms with Crippen LogP contribution in [0.4, 0.5) is 5.69 Å². The molecule has 1 aromatic heterocycles. The summed E-state index contributed by atoms with van der Waals surface area (Å²) in [5.41, 5.74) is 6.10. The van der Waals surface area contributed by atoms with E-state index >= 15 is 0 Å². The predicted molar refractivity (Wildman–Crippen MR) is 112 cm³/mol. The molecule has 0 unspecified atom stereocenters. The monoisotopic (exact) mass is 371 g/mol. The molecule has 0 saturated carbocycles. The minimum absolute atomic E-state index is 0.309. The maximum atomic E-state index is 12.6. The number of ether oxygens (including phenoxy) is 1. The largest absolute Gasteiger partial charge is 0.473 e. The summed E-state index contributed by atoms with van der Waals surface area (Å²) in [5.74, 6) is 0.782. The second-order valence-corrected chi connectivity index (χ2v) is 7.57. The Hall–Kier alpha value is -3.27. The van der Waals surface area contributed by atoms with Crippen LogP contribution in [0, 0.1) is 20.8 Å². The first-order valence-electron chi connectivity index (χ1n) is 9.46. The average Bonchev–Trinajstić information content (AvgIpc) is 2.67. The molecule has 0 amide bonds. The van der Waals surface area contributed by atoms with E-state index in [4.69, 9.17) is 9.15 Å². The normalized spacial score (nSPS) is 13.6. The van der Waals surface area contributed by atoms with E-state index < -0.39 is 0 Å². The molecule has 1 aliphatic rings. The van der Waals surface area contributed by atoms with Crippen molar-refractivity contribution in [3.63, 3.8) is 0 Å². The predicted octanol–water partition coefficient (Wildman–Crippen LogP) is 5.23. The van der Waals surface area contributed by atoms with Crippen molar-refractivity contribution in [2.45, 2.75) is 27.3 Å². The third-order valence-corrected chi connectivity index (χ3v) is 5.53. The lowest BCUT2D eigenvalue weighted by atomic mass is 10.0. The van der Waals surface area contributed by atoms with E-state index in [1.54, 1.807) is 0 Å². The summed E-state index contributed by atoms with van der Waals surface area (Å²) in [6.45, 7) is 7.47. The molecule has 0 N–H and O–H groups in total. The maximum Gasteiger partial charge on any atom is 0.344 e. The fraction of sp³-hybridized carbons (Fsp3) is 0.208. The molecule has 3 aromatic carbocycles. The Morgan fingerprint density at radius 3 is 2.36 bits per heavy atom. The van der Waals surface area contributed by atoms with Crippen molar-refractivity contribution in [3.05, 3.63) is 81.2 Å². The van der Waals surface area contributed by atoms with Crippen LogP contribution in [0.15, 0.2) is 57.7 Å². The maximum absolute atomic E-state index is 12.6. The molecule has 0 saturated heterocycles. The second-order valence-electron chi connectivity index (χ2n) is 7.57. The second kappa shape index (κ2) is 6.13. The van der Waals surface area contributed by atoms with E-state index in [2.05, 4.69) is 37.8 Å². The summed E-state index contributed by atoms with van der Waals surface area (Å²) in [6.07, 6.45) is 0. The van der Waals surface area contributed by atoms with Gasteiger partial charge in [0, 0.05) is 11.1 Å². The van der Waals surface area contributed by atoms with Crippen molar-refractivity contribution in [1.82, 2.24) is 0 Å². The van der Waals surface area contributed by atoms with E-state index in [-0.39, 0.29) is 5.63 Å². The highest BCUT2D eigenvalue weighted by atomic mass is 16.5. The Morgan fingerprint density at radius 1 is 0.893 bits per heavy atom. The standard InChI is InChI=1S/C24H21NO3/c1-14-10-15(2)22(16(3)11-14)25-12-20-21(27-13-25)9-8-18-17-6-4-5-7-19(17)24(26)28-23(18)20/h4-11H,12-13H2,1-3H3. The fourth-order valence-electron chi connectivity index (χ4n) is 4.47. The van der Waals surface area contributed by atoms with Gasteiger partial charge in [0.05, 0.1) is 17.5 Å². The molecule has 4 heteroatoms. The first kappa shape index (κ1) is 16.9. The molecule has 2 heterocycles. The number of benzene rings is 3. The number of hydrogen-bond donors (Lipinski definition) is 0. The molecule has 28 heavy (non-hydrogen) atoms. The highest BCUT2D eigenvalue weighted by Crippen LogP contribution is 2.37. The van der Waals surface area contributed by atoms with Gasteiger partial charge in [-0.2, -0.15) is 0 Å². The van der Waals surface area contributed by atoms with Crippen molar-refractivity contribution in [2.24, 2.45) is 0 Å². The van der Waals surface area contributed by atoms with Crippen molar-refractivity contribution in [1.29, 1.82) is 0 Å². The van der Waals surface area contributed by atoms with Crippen molar-refractivity contribution < 1.29 is 9.15 Å². The number of nitrogens with zero attached hydrogens (tertiary/aromatic N) is 1. The van der Waals surface area contributed by atoms with E-state index in [1.165, 1.54) is 22.4 Å². The quantitative estimate of drug-likeness (QED) is 0.339. The zero-order chi connectivity index (χ0) is 19.4. The number of anilines is 1. The fourth-order valence-corrected chi connectivity index (χ4v) is 4.47. The van der Waals surface area contributed by atoms with Crippen molar-refractivity contribution >= 4 is 27.4 Å². The summed E-state index contributed by atoms with van der Waals surface area (Å²) in [6, 6.07) is 15.9. The zero-order valence-corrected chi connectivity index (χ0v) is 16.2. The van der Waals surface area contributed by atoms with Gasteiger partial charge in [-0.25, -0.2) is 4.79 Å². The molecule has 0 aliphatic carbocycles. The molecule has 4 nitrogen and oxygen atoms in total. The minimum Gasteiger partial charge on any atom is -0.473 e. The number of hydrogen-bond acceptors (Lipinski definition) is 4. The van der Waals surface area contributed by atoms with Gasteiger partial charge in [0.15, 0.2) is 6.73 Å². The lowest BCUT2D eigenvalue weighted by Crippen LogP contribution is -2.33. The Labute approximate surface area is 163 Å². The highest BCUT2D eigenvalue weighted by molar-refractivity contribution is 6.05. The highest BCUT2D eigenvalue weighted by Gasteiger charge is 2.24. The van der Waals surface area contributed by atoms with Gasteiger partial charge in [0.2, 0.25) is 0 Å². The summed E-state index contributed by atoms with van der Waals surface area (Å²) >= 11 is 0. The van der Waals surface area contributed by atoms with Gasteiger partial charge >= 0.3 is 5.63 Å². The van der Waals surface area contributed by atoms with Crippen LogP contribution < -0.4 is 15.3 Å².